The van der Waals surface area contributed by atoms with Gasteiger partial charge in [-0.15, -0.1) is 0 Å². The van der Waals surface area contributed by atoms with E-state index in [9.17, 15) is 4.79 Å². The summed E-state index contributed by atoms with van der Waals surface area (Å²) in [5.41, 5.74) is 3.72. The molecule has 2 rings (SSSR count). The van der Waals surface area contributed by atoms with E-state index in [1.807, 2.05) is 11.5 Å². The fourth-order valence-corrected chi connectivity index (χ4v) is 2.50. The zero-order valence-corrected chi connectivity index (χ0v) is 10.0. The Labute approximate surface area is 90.9 Å². The standard InChI is InChI=1S/C13H19NO/c1-8(2)11-6-10(4)13(15)14-7-9(3)5-12(11)14/h6,8-9H,5,7H2,1-4H3. The van der Waals surface area contributed by atoms with Crippen LogP contribution < -0.4 is 5.56 Å². The fraction of sp³-hybridized carbons (Fsp3) is 0.615. The van der Waals surface area contributed by atoms with Crippen molar-refractivity contribution in [2.45, 2.75) is 46.6 Å². The summed E-state index contributed by atoms with van der Waals surface area (Å²) >= 11 is 0. The number of hydrogen-bond acceptors (Lipinski definition) is 1. The predicted octanol–water partition coefficient (Wildman–Crippen LogP) is 2.47. The molecule has 1 unspecified atom stereocenters. The number of aromatic nitrogens is 1. The third-order valence-corrected chi connectivity index (χ3v) is 3.27. The fourth-order valence-electron chi connectivity index (χ4n) is 2.50. The highest BCUT2D eigenvalue weighted by Gasteiger charge is 2.23. The van der Waals surface area contributed by atoms with Crippen LogP contribution in [0.4, 0.5) is 0 Å². The lowest BCUT2D eigenvalue weighted by Crippen LogP contribution is -2.23. The maximum absolute atomic E-state index is 11.9. The van der Waals surface area contributed by atoms with Crippen LogP contribution >= 0.6 is 0 Å². The predicted molar refractivity (Wildman–Crippen MR) is 62.4 cm³/mol. The molecule has 0 aromatic carbocycles. The summed E-state index contributed by atoms with van der Waals surface area (Å²) in [5, 5.41) is 0. The van der Waals surface area contributed by atoms with E-state index in [4.69, 9.17) is 0 Å². The molecule has 0 N–H and O–H groups in total. The van der Waals surface area contributed by atoms with Crippen LogP contribution in [-0.4, -0.2) is 4.57 Å². The smallest absolute Gasteiger partial charge is 0.253 e. The molecule has 1 aromatic heterocycles. The van der Waals surface area contributed by atoms with E-state index in [0.717, 1.165) is 18.5 Å². The van der Waals surface area contributed by atoms with E-state index < -0.39 is 0 Å². The van der Waals surface area contributed by atoms with Gasteiger partial charge in [0.15, 0.2) is 0 Å². The van der Waals surface area contributed by atoms with Gasteiger partial charge in [-0.1, -0.05) is 20.8 Å². The Bertz CT molecular complexity index is 443. The lowest BCUT2D eigenvalue weighted by molar-refractivity contribution is 0.556. The number of rotatable bonds is 1. The highest BCUT2D eigenvalue weighted by molar-refractivity contribution is 5.30. The molecule has 0 spiro atoms. The van der Waals surface area contributed by atoms with Crippen molar-refractivity contribution in [3.05, 3.63) is 33.2 Å². The molecule has 2 heteroatoms. The van der Waals surface area contributed by atoms with E-state index in [1.165, 1.54) is 11.3 Å². The molecule has 2 heterocycles. The SMILES string of the molecule is Cc1cc(C(C)C)c2n(c1=O)CC(C)C2. The quantitative estimate of drug-likeness (QED) is 0.690. The summed E-state index contributed by atoms with van der Waals surface area (Å²) < 4.78 is 1.98. The Kier molecular flexibility index (Phi) is 2.45. The normalized spacial score (nSPS) is 19.7. The van der Waals surface area contributed by atoms with E-state index in [-0.39, 0.29) is 5.56 Å². The van der Waals surface area contributed by atoms with Crippen LogP contribution in [0.3, 0.4) is 0 Å². The highest BCUT2D eigenvalue weighted by atomic mass is 16.1. The first kappa shape index (κ1) is 10.5. The molecule has 0 saturated heterocycles. The molecule has 1 aliphatic heterocycles. The third kappa shape index (κ3) is 1.62. The van der Waals surface area contributed by atoms with E-state index in [2.05, 4.69) is 26.8 Å². The first-order chi connectivity index (χ1) is 7.00. The van der Waals surface area contributed by atoms with Gasteiger partial charge in [-0.2, -0.15) is 0 Å². The molecular weight excluding hydrogens is 186 g/mol. The molecule has 1 atom stereocenters. The van der Waals surface area contributed by atoms with Crippen LogP contribution in [0.5, 0.6) is 0 Å². The van der Waals surface area contributed by atoms with E-state index in [0.29, 0.717) is 11.8 Å². The molecule has 1 aliphatic rings. The number of aryl methyl sites for hydroxylation is 1. The summed E-state index contributed by atoms with van der Waals surface area (Å²) in [4.78, 5) is 11.9. The summed E-state index contributed by atoms with van der Waals surface area (Å²) in [6.07, 6.45) is 1.06. The summed E-state index contributed by atoms with van der Waals surface area (Å²) in [5.74, 6) is 1.12. The Morgan fingerprint density at radius 3 is 2.73 bits per heavy atom. The second-order valence-electron chi connectivity index (χ2n) is 5.11. The lowest BCUT2D eigenvalue weighted by Gasteiger charge is -2.13. The van der Waals surface area contributed by atoms with Gasteiger partial charge in [0.1, 0.15) is 0 Å². The Balaban J connectivity index is 2.67. The van der Waals surface area contributed by atoms with Gasteiger partial charge < -0.3 is 4.57 Å². The molecule has 0 bridgehead atoms. The second kappa shape index (κ2) is 3.51. The molecule has 82 valence electrons. The average molecular weight is 205 g/mol. The number of pyridine rings is 1. The van der Waals surface area contributed by atoms with Crippen LogP contribution in [0.1, 0.15) is 43.5 Å². The van der Waals surface area contributed by atoms with Crippen molar-refractivity contribution in [2.24, 2.45) is 5.92 Å². The maximum Gasteiger partial charge on any atom is 0.253 e. The average Bonchev–Trinajstić information content (AvgIpc) is 2.53. The highest BCUT2D eigenvalue weighted by Crippen LogP contribution is 2.26. The molecule has 0 fully saturated rings. The van der Waals surface area contributed by atoms with Gasteiger partial charge in [0.2, 0.25) is 0 Å². The molecule has 15 heavy (non-hydrogen) atoms. The van der Waals surface area contributed by atoms with Crippen molar-refractivity contribution < 1.29 is 0 Å². The van der Waals surface area contributed by atoms with Gasteiger partial charge in [-0.05, 0) is 36.8 Å². The molecule has 2 nitrogen and oxygen atoms in total. The number of fused-ring (bicyclic) bond motifs is 1. The first-order valence-electron chi connectivity index (χ1n) is 5.74. The zero-order chi connectivity index (χ0) is 11.2. The van der Waals surface area contributed by atoms with Crippen molar-refractivity contribution in [2.75, 3.05) is 0 Å². The Morgan fingerprint density at radius 2 is 2.13 bits per heavy atom. The van der Waals surface area contributed by atoms with E-state index in [1.54, 1.807) is 0 Å². The minimum absolute atomic E-state index is 0.207. The summed E-state index contributed by atoms with van der Waals surface area (Å²) in [6.45, 7) is 9.43. The van der Waals surface area contributed by atoms with Crippen molar-refractivity contribution in [1.82, 2.24) is 4.57 Å². The Hall–Kier alpha value is -1.05. The van der Waals surface area contributed by atoms with Gasteiger partial charge >= 0.3 is 0 Å². The van der Waals surface area contributed by atoms with E-state index >= 15 is 0 Å². The lowest BCUT2D eigenvalue weighted by atomic mass is 9.97. The number of nitrogens with zero attached hydrogens (tertiary/aromatic N) is 1. The van der Waals surface area contributed by atoms with Crippen LogP contribution in [0.25, 0.3) is 0 Å². The maximum atomic E-state index is 11.9. The van der Waals surface area contributed by atoms with Crippen molar-refractivity contribution in [3.8, 4) is 0 Å². The Morgan fingerprint density at radius 1 is 1.47 bits per heavy atom. The van der Waals surface area contributed by atoms with Crippen LogP contribution in [-0.2, 0) is 13.0 Å². The van der Waals surface area contributed by atoms with Crippen molar-refractivity contribution in [1.29, 1.82) is 0 Å². The third-order valence-electron chi connectivity index (χ3n) is 3.27. The van der Waals surface area contributed by atoms with Gasteiger partial charge in [0.05, 0.1) is 0 Å². The van der Waals surface area contributed by atoms with Crippen LogP contribution in [0.2, 0.25) is 0 Å². The molecule has 0 saturated carbocycles. The summed E-state index contributed by atoms with van der Waals surface area (Å²) in [6, 6.07) is 2.08. The largest absolute Gasteiger partial charge is 0.312 e. The van der Waals surface area contributed by atoms with Crippen molar-refractivity contribution >= 4 is 0 Å². The molecule has 1 aromatic rings. The van der Waals surface area contributed by atoms with Gasteiger partial charge in [-0.25, -0.2) is 0 Å². The van der Waals surface area contributed by atoms with Crippen molar-refractivity contribution in [3.63, 3.8) is 0 Å². The monoisotopic (exact) mass is 205 g/mol. The minimum atomic E-state index is 0.207. The van der Waals surface area contributed by atoms with Gasteiger partial charge in [-0.3, -0.25) is 4.79 Å². The zero-order valence-electron chi connectivity index (χ0n) is 10.0. The van der Waals surface area contributed by atoms with Gasteiger partial charge in [0.25, 0.3) is 5.56 Å². The summed E-state index contributed by atoms with van der Waals surface area (Å²) in [7, 11) is 0. The second-order valence-corrected chi connectivity index (χ2v) is 5.11. The topological polar surface area (TPSA) is 22.0 Å². The molecule has 0 aliphatic carbocycles. The van der Waals surface area contributed by atoms with Gasteiger partial charge in [0, 0.05) is 17.8 Å². The minimum Gasteiger partial charge on any atom is -0.312 e. The molecule has 0 amide bonds. The number of hydrogen-bond donors (Lipinski definition) is 0. The molecule has 0 radical (unpaired) electrons. The van der Waals surface area contributed by atoms with Crippen LogP contribution in [0.15, 0.2) is 10.9 Å². The molecular formula is C13H19NO. The van der Waals surface area contributed by atoms with Crippen LogP contribution in [0, 0.1) is 12.8 Å². The first-order valence-corrected chi connectivity index (χ1v) is 5.74.